The molecule has 0 aliphatic carbocycles. The third-order valence-corrected chi connectivity index (χ3v) is 2.65. The maximum Gasteiger partial charge on any atom is 0.193 e. The maximum atomic E-state index is 13.1. The zero-order chi connectivity index (χ0) is 14.0. The van der Waals surface area contributed by atoms with E-state index in [1.807, 2.05) is 0 Å². The van der Waals surface area contributed by atoms with E-state index in [0.717, 1.165) is 12.1 Å². The van der Waals surface area contributed by atoms with Crippen LogP contribution in [0.1, 0.15) is 0 Å². The van der Waals surface area contributed by atoms with Gasteiger partial charge in [-0.3, -0.25) is 4.57 Å². The van der Waals surface area contributed by atoms with Crippen LogP contribution in [0.5, 0.6) is 17.5 Å². The van der Waals surface area contributed by atoms with Crippen molar-refractivity contribution in [2.45, 2.75) is 6.54 Å². The second kappa shape index (κ2) is 4.97. The van der Waals surface area contributed by atoms with Crippen LogP contribution in [-0.4, -0.2) is 21.4 Å². The summed E-state index contributed by atoms with van der Waals surface area (Å²) in [4.78, 5) is 0. The van der Waals surface area contributed by atoms with Crippen molar-refractivity contribution in [2.75, 3.05) is 18.1 Å². The molecule has 1 heterocycles. The van der Waals surface area contributed by atoms with Gasteiger partial charge in [0.15, 0.2) is 11.8 Å². The summed E-state index contributed by atoms with van der Waals surface area (Å²) in [5.74, 6) is -0.599. The average molecular weight is 267 g/mol. The lowest BCUT2D eigenvalue weighted by Crippen LogP contribution is -2.09. The first-order valence-electron chi connectivity index (χ1n) is 5.54. The molecule has 0 unspecified atom stereocenters. The summed E-state index contributed by atoms with van der Waals surface area (Å²) in [6.07, 6.45) is 0. The molecule has 0 aliphatic heterocycles. The van der Waals surface area contributed by atoms with E-state index in [0.29, 0.717) is 0 Å². The molecule has 0 saturated heterocycles. The third-order valence-electron chi connectivity index (χ3n) is 2.65. The van der Waals surface area contributed by atoms with E-state index in [4.69, 9.17) is 16.2 Å². The molecule has 6 nitrogen and oxygen atoms in total. The van der Waals surface area contributed by atoms with Crippen LogP contribution in [0, 0.1) is 5.82 Å². The lowest BCUT2D eigenvalue weighted by atomic mass is 10.2. The quantitative estimate of drug-likeness (QED) is 0.624. The fourth-order valence-corrected chi connectivity index (χ4v) is 1.66. The van der Waals surface area contributed by atoms with Crippen LogP contribution >= 0.6 is 0 Å². The van der Waals surface area contributed by atoms with Crippen LogP contribution < -0.4 is 16.2 Å². The van der Waals surface area contributed by atoms with Gasteiger partial charge in [0.05, 0.1) is 17.9 Å². The summed E-state index contributed by atoms with van der Waals surface area (Å²) in [6, 6.07) is 4.93. The minimum Gasteiger partial charge on any atom is -0.494 e. The summed E-state index contributed by atoms with van der Waals surface area (Å²) >= 11 is 0. The first-order valence-corrected chi connectivity index (χ1v) is 5.54. The lowest BCUT2D eigenvalue weighted by molar-refractivity contribution is 0.275. The Bertz CT molecular complexity index is 579. The van der Waals surface area contributed by atoms with Gasteiger partial charge in [-0.1, -0.05) is 0 Å². The Morgan fingerprint density at radius 1 is 1.16 bits per heavy atom. The number of nitrogen functional groups attached to an aromatic ring is 2. The highest BCUT2D eigenvalue weighted by Gasteiger charge is 2.09. The Kier molecular flexibility index (Phi) is 3.37. The predicted molar refractivity (Wildman–Crippen MR) is 68.5 cm³/mol. The molecule has 1 aromatic carbocycles. The third kappa shape index (κ3) is 2.65. The molecular formula is C12H14FN3O3. The van der Waals surface area contributed by atoms with Gasteiger partial charge in [0, 0.05) is 18.2 Å². The Morgan fingerprint density at radius 3 is 2.42 bits per heavy atom. The number of ether oxygens (including phenoxy) is 1. The molecule has 1 aromatic heterocycles. The number of hydrogen-bond acceptors (Lipinski definition) is 5. The number of halogens is 1. The smallest absolute Gasteiger partial charge is 0.193 e. The van der Waals surface area contributed by atoms with Gasteiger partial charge in [0.25, 0.3) is 0 Å². The van der Waals surface area contributed by atoms with Crippen molar-refractivity contribution < 1.29 is 19.3 Å². The molecule has 0 saturated carbocycles. The molecule has 6 N–H and O–H groups in total. The Labute approximate surface area is 108 Å². The molecule has 0 fully saturated rings. The fourth-order valence-electron chi connectivity index (χ4n) is 1.66. The molecule has 7 heteroatoms. The van der Waals surface area contributed by atoms with Gasteiger partial charge in [-0.2, -0.15) is 0 Å². The SMILES string of the molecule is Nc1cc(F)cc(OCCn2c(O)ccc2O)c1N. The van der Waals surface area contributed by atoms with Gasteiger partial charge in [-0.05, 0) is 6.07 Å². The summed E-state index contributed by atoms with van der Waals surface area (Å²) in [6.45, 7) is 0.267. The molecule has 0 aliphatic rings. The number of hydrogen-bond donors (Lipinski definition) is 4. The summed E-state index contributed by atoms with van der Waals surface area (Å²) < 4.78 is 19.7. The molecular weight excluding hydrogens is 253 g/mol. The monoisotopic (exact) mass is 267 g/mol. The molecule has 0 atom stereocenters. The van der Waals surface area contributed by atoms with Crippen molar-refractivity contribution in [3.05, 3.63) is 30.1 Å². The highest BCUT2D eigenvalue weighted by molar-refractivity contribution is 5.70. The van der Waals surface area contributed by atoms with Crippen molar-refractivity contribution in [3.63, 3.8) is 0 Å². The van der Waals surface area contributed by atoms with E-state index in [9.17, 15) is 14.6 Å². The normalized spacial score (nSPS) is 10.6. The van der Waals surface area contributed by atoms with Gasteiger partial charge in [-0.15, -0.1) is 0 Å². The van der Waals surface area contributed by atoms with Gasteiger partial charge in [-0.25, -0.2) is 4.39 Å². The molecule has 102 valence electrons. The van der Waals surface area contributed by atoms with Crippen molar-refractivity contribution in [1.29, 1.82) is 0 Å². The molecule has 0 radical (unpaired) electrons. The van der Waals surface area contributed by atoms with Crippen LogP contribution in [0.25, 0.3) is 0 Å². The van der Waals surface area contributed by atoms with Gasteiger partial charge < -0.3 is 26.4 Å². The molecule has 0 amide bonds. The largest absolute Gasteiger partial charge is 0.494 e. The Balaban J connectivity index is 2.04. The minimum absolute atomic E-state index is 0.0862. The van der Waals surface area contributed by atoms with Gasteiger partial charge in [0.2, 0.25) is 0 Å². The highest BCUT2D eigenvalue weighted by atomic mass is 19.1. The highest BCUT2D eigenvalue weighted by Crippen LogP contribution is 2.29. The zero-order valence-corrected chi connectivity index (χ0v) is 10.0. The molecule has 2 rings (SSSR count). The van der Waals surface area contributed by atoms with Crippen molar-refractivity contribution >= 4 is 11.4 Å². The van der Waals surface area contributed by atoms with Crippen molar-refractivity contribution in [2.24, 2.45) is 0 Å². The van der Waals surface area contributed by atoms with Crippen LogP contribution in [0.4, 0.5) is 15.8 Å². The number of rotatable bonds is 4. The van der Waals surface area contributed by atoms with Crippen LogP contribution in [0.3, 0.4) is 0 Å². The number of anilines is 2. The van der Waals surface area contributed by atoms with Gasteiger partial charge >= 0.3 is 0 Å². The zero-order valence-electron chi connectivity index (χ0n) is 10.0. The van der Waals surface area contributed by atoms with E-state index in [-0.39, 0.29) is 42.0 Å². The number of aromatic nitrogens is 1. The summed E-state index contributed by atoms with van der Waals surface area (Å²) in [5, 5.41) is 18.8. The van der Waals surface area contributed by atoms with Crippen LogP contribution in [-0.2, 0) is 6.54 Å². The van der Waals surface area contributed by atoms with Crippen molar-refractivity contribution in [1.82, 2.24) is 4.57 Å². The molecule has 19 heavy (non-hydrogen) atoms. The second-order valence-electron chi connectivity index (χ2n) is 3.96. The lowest BCUT2D eigenvalue weighted by Gasteiger charge is -2.12. The Morgan fingerprint density at radius 2 is 1.79 bits per heavy atom. The number of aromatic hydroxyl groups is 2. The number of nitrogens with two attached hydrogens (primary N) is 2. The van der Waals surface area contributed by atoms with Crippen LogP contribution in [0.2, 0.25) is 0 Å². The van der Waals surface area contributed by atoms with E-state index in [1.165, 1.54) is 16.7 Å². The minimum atomic E-state index is -0.548. The fraction of sp³-hybridized carbons (Fsp3) is 0.167. The number of benzene rings is 1. The second-order valence-corrected chi connectivity index (χ2v) is 3.96. The first-order chi connectivity index (χ1) is 8.99. The molecule has 2 aromatic rings. The van der Waals surface area contributed by atoms with Gasteiger partial charge in [0.1, 0.15) is 18.2 Å². The van der Waals surface area contributed by atoms with Crippen molar-refractivity contribution in [3.8, 4) is 17.5 Å². The summed E-state index contributed by atoms with van der Waals surface area (Å²) in [7, 11) is 0. The maximum absolute atomic E-state index is 13.1. The van der Waals surface area contributed by atoms with E-state index in [2.05, 4.69) is 0 Å². The van der Waals surface area contributed by atoms with E-state index in [1.54, 1.807) is 0 Å². The Hall–Kier alpha value is -2.57. The molecule has 0 bridgehead atoms. The number of nitrogens with zero attached hydrogens (tertiary/aromatic N) is 1. The molecule has 0 spiro atoms. The van der Waals surface area contributed by atoms with E-state index < -0.39 is 5.82 Å². The summed E-state index contributed by atoms with van der Waals surface area (Å²) in [5.41, 5.74) is 11.4. The van der Waals surface area contributed by atoms with E-state index >= 15 is 0 Å². The first kappa shape index (κ1) is 12.9. The standard InChI is InChI=1S/C12H14FN3O3/c13-7-5-8(14)12(15)9(6-7)19-4-3-16-10(17)1-2-11(16)18/h1-2,5-6,17-18H,3-4,14-15H2. The average Bonchev–Trinajstić information content (AvgIpc) is 2.66. The predicted octanol–water partition coefficient (Wildman–Crippen LogP) is 1.28. The van der Waals surface area contributed by atoms with Crippen LogP contribution in [0.15, 0.2) is 24.3 Å². The topological polar surface area (TPSA) is 107 Å².